The van der Waals surface area contributed by atoms with Crippen LogP contribution in [0, 0.1) is 0 Å². The molecule has 1 atom stereocenters. The van der Waals surface area contributed by atoms with Gasteiger partial charge in [-0.1, -0.05) is 11.6 Å². The van der Waals surface area contributed by atoms with Gasteiger partial charge in [0.05, 0.1) is 7.11 Å². The van der Waals surface area contributed by atoms with Crippen molar-refractivity contribution in [2.24, 2.45) is 5.73 Å². The molecule has 1 rings (SSSR count). The summed E-state index contributed by atoms with van der Waals surface area (Å²) in [7, 11) is -2.18. The molecule has 0 saturated heterocycles. The van der Waals surface area contributed by atoms with Crippen LogP contribution in [0.5, 0.6) is 5.75 Å². The maximum absolute atomic E-state index is 11.8. The number of halogens is 1. The van der Waals surface area contributed by atoms with Gasteiger partial charge in [0.25, 0.3) is 0 Å². The van der Waals surface area contributed by atoms with E-state index in [0.717, 1.165) is 0 Å². The summed E-state index contributed by atoms with van der Waals surface area (Å²) in [4.78, 5) is 0.0208. The Morgan fingerprint density at radius 2 is 2.07 bits per heavy atom. The van der Waals surface area contributed by atoms with Crippen molar-refractivity contribution >= 4 is 21.4 Å². The number of benzene rings is 1. The van der Waals surface area contributed by atoms with Gasteiger partial charge in [-0.25, -0.2) is 8.42 Å². The minimum atomic E-state index is -3.57. The van der Waals surface area contributed by atoms with Crippen LogP contribution in [0.1, 0.15) is 6.92 Å². The van der Waals surface area contributed by atoms with Crippen LogP contribution in [0.25, 0.3) is 0 Å². The highest BCUT2D eigenvalue weighted by Gasteiger charge is 2.24. The lowest BCUT2D eigenvalue weighted by atomic mass is 10.3. The molecule has 0 radical (unpaired) electrons. The average Bonchev–Trinajstić information content (AvgIpc) is 2.17. The van der Waals surface area contributed by atoms with E-state index in [1.807, 2.05) is 0 Å². The van der Waals surface area contributed by atoms with Gasteiger partial charge in [-0.3, -0.25) is 0 Å². The summed E-state index contributed by atoms with van der Waals surface area (Å²) in [6, 6.07) is 4.39. The van der Waals surface area contributed by atoms with Crippen LogP contribution in [0.3, 0.4) is 0 Å². The van der Waals surface area contributed by atoms with Gasteiger partial charge in [-0.2, -0.15) is 0 Å². The fourth-order valence-corrected chi connectivity index (χ4v) is 2.43. The van der Waals surface area contributed by atoms with Crippen LogP contribution in [0.2, 0.25) is 5.02 Å². The molecule has 0 aliphatic heterocycles. The predicted molar refractivity (Wildman–Crippen MR) is 58.8 cm³/mol. The number of methoxy groups -OCH3 is 1. The number of nitrogens with two attached hydrogens (primary N) is 1. The Labute approximate surface area is 93.9 Å². The number of hydrogen-bond donors (Lipinski definition) is 1. The first kappa shape index (κ1) is 12.3. The molecule has 1 aromatic rings. The summed E-state index contributed by atoms with van der Waals surface area (Å²) in [5.74, 6) is 0.247. The molecule has 0 heterocycles. The highest BCUT2D eigenvalue weighted by molar-refractivity contribution is 7.92. The molecule has 0 aliphatic rings. The van der Waals surface area contributed by atoms with Crippen LogP contribution in [0.15, 0.2) is 23.1 Å². The van der Waals surface area contributed by atoms with E-state index >= 15 is 0 Å². The number of sulfone groups is 1. The molecule has 15 heavy (non-hydrogen) atoms. The molecule has 0 saturated carbocycles. The van der Waals surface area contributed by atoms with Crippen molar-refractivity contribution in [2.45, 2.75) is 17.2 Å². The van der Waals surface area contributed by atoms with Crippen molar-refractivity contribution in [3.05, 3.63) is 23.2 Å². The Kier molecular flexibility index (Phi) is 3.59. The lowest BCUT2D eigenvalue weighted by Gasteiger charge is -2.12. The Hall–Kier alpha value is -0.780. The highest BCUT2D eigenvalue weighted by Crippen LogP contribution is 2.28. The third-order valence-corrected chi connectivity index (χ3v) is 4.07. The lowest BCUT2D eigenvalue weighted by molar-refractivity contribution is 0.402. The molecule has 2 N–H and O–H groups in total. The van der Waals surface area contributed by atoms with E-state index in [1.165, 1.54) is 26.2 Å². The minimum Gasteiger partial charge on any atom is -0.495 e. The first-order chi connectivity index (χ1) is 6.89. The summed E-state index contributed by atoms with van der Waals surface area (Å²) in [6.07, 6.45) is 0. The Bertz CT molecular complexity index is 456. The van der Waals surface area contributed by atoms with E-state index in [1.54, 1.807) is 6.07 Å². The Morgan fingerprint density at radius 1 is 1.47 bits per heavy atom. The van der Waals surface area contributed by atoms with Gasteiger partial charge in [0.2, 0.25) is 0 Å². The molecule has 1 aromatic carbocycles. The summed E-state index contributed by atoms with van der Waals surface area (Å²) >= 11 is 5.72. The lowest BCUT2D eigenvalue weighted by Crippen LogP contribution is -2.27. The van der Waals surface area contributed by atoms with Gasteiger partial charge in [-0.15, -0.1) is 0 Å². The second kappa shape index (κ2) is 4.38. The summed E-state index contributed by atoms with van der Waals surface area (Å²) in [6.45, 7) is 1.40. The normalized spacial score (nSPS) is 13.6. The molecule has 0 aromatic heterocycles. The maximum Gasteiger partial charge on any atom is 0.197 e. The van der Waals surface area contributed by atoms with E-state index < -0.39 is 15.2 Å². The smallest absolute Gasteiger partial charge is 0.197 e. The van der Waals surface area contributed by atoms with Gasteiger partial charge >= 0.3 is 0 Å². The number of rotatable bonds is 3. The second-order valence-electron chi connectivity index (χ2n) is 3.05. The SMILES string of the molecule is COc1ccc(Cl)cc1S(=O)(=O)C(C)N. The zero-order valence-electron chi connectivity index (χ0n) is 8.40. The van der Waals surface area contributed by atoms with E-state index in [0.29, 0.717) is 5.02 Å². The summed E-state index contributed by atoms with van der Waals surface area (Å²) in [5.41, 5.74) is 5.39. The minimum absolute atomic E-state index is 0.0208. The molecule has 0 aliphatic carbocycles. The topological polar surface area (TPSA) is 69.4 Å². The Morgan fingerprint density at radius 3 is 2.53 bits per heavy atom. The Balaban J connectivity index is 3.42. The van der Waals surface area contributed by atoms with E-state index in [-0.39, 0.29) is 10.6 Å². The van der Waals surface area contributed by atoms with E-state index in [2.05, 4.69) is 0 Å². The summed E-state index contributed by atoms with van der Waals surface area (Å²) in [5, 5.41) is -0.667. The van der Waals surface area contributed by atoms with Gasteiger partial charge in [0.1, 0.15) is 16.0 Å². The predicted octanol–water partition coefficient (Wildman–Crippen LogP) is 1.43. The number of ether oxygens (including phenoxy) is 1. The quantitative estimate of drug-likeness (QED) is 0.880. The maximum atomic E-state index is 11.8. The van der Waals surface area contributed by atoms with Crippen molar-refractivity contribution < 1.29 is 13.2 Å². The van der Waals surface area contributed by atoms with Crippen molar-refractivity contribution in [2.75, 3.05) is 7.11 Å². The molecule has 84 valence electrons. The zero-order valence-corrected chi connectivity index (χ0v) is 9.97. The molecule has 0 fully saturated rings. The molecule has 1 unspecified atom stereocenters. The number of hydrogen-bond acceptors (Lipinski definition) is 4. The van der Waals surface area contributed by atoms with Crippen molar-refractivity contribution in [1.29, 1.82) is 0 Å². The molecule has 4 nitrogen and oxygen atoms in total. The fourth-order valence-electron chi connectivity index (χ4n) is 1.07. The van der Waals surface area contributed by atoms with Gasteiger partial charge in [0, 0.05) is 5.02 Å². The molecule has 0 amide bonds. The van der Waals surface area contributed by atoms with Gasteiger partial charge in [0.15, 0.2) is 9.84 Å². The summed E-state index contributed by atoms with van der Waals surface area (Å²) < 4.78 is 28.5. The van der Waals surface area contributed by atoms with Crippen LogP contribution in [0.4, 0.5) is 0 Å². The third kappa shape index (κ3) is 2.42. The molecule has 0 spiro atoms. The van der Waals surface area contributed by atoms with Crippen molar-refractivity contribution in [3.8, 4) is 5.75 Å². The standard InChI is InChI=1S/C9H12ClNO3S/c1-6(11)15(12,13)9-5-7(10)3-4-8(9)14-2/h3-6H,11H2,1-2H3. The molecule has 0 bridgehead atoms. The van der Waals surface area contributed by atoms with Crippen LogP contribution < -0.4 is 10.5 Å². The molecular weight excluding hydrogens is 238 g/mol. The van der Waals surface area contributed by atoms with Crippen LogP contribution in [-0.4, -0.2) is 20.9 Å². The van der Waals surface area contributed by atoms with Crippen molar-refractivity contribution in [3.63, 3.8) is 0 Å². The third-order valence-electron chi connectivity index (χ3n) is 1.92. The average molecular weight is 250 g/mol. The van der Waals surface area contributed by atoms with Crippen LogP contribution >= 0.6 is 11.6 Å². The van der Waals surface area contributed by atoms with Gasteiger partial charge < -0.3 is 10.5 Å². The van der Waals surface area contributed by atoms with E-state index in [4.69, 9.17) is 22.1 Å². The first-order valence-electron chi connectivity index (χ1n) is 4.22. The van der Waals surface area contributed by atoms with Gasteiger partial charge in [-0.05, 0) is 25.1 Å². The monoisotopic (exact) mass is 249 g/mol. The largest absolute Gasteiger partial charge is 0.495 e. The zero-order chi connectivity index (χ0) is 11.6. The second-order valence-corrected chi connectivity index (χ2v) is 5.76. The first-order valence-corrected chi connectivity index (χ1v) is 6.15. The molecule has 6 heteroatoms. The van der Waals surface area contributed by atoms with Crippen molar-refractivity contribution in [1.82, 2.24) is 0 Å². The van der Waals surface area contributed by atoms with E-state index in [9.17, 15) is 8.42 Å². The van der Waals surface area contributed by atoms with Crippen LogP contribution in [-0.2, 0) is 9.84 Å². The fraction of sp³-hybridized carbons (Fsp3) is 0.333. The molecular formula is C9H12ClNO3S. The highest BCUT2D eigenvalue weighted by atomic mass is 35.5.